The average Bonchev–Trinajstić information content (AvgIpc) is 3.38. The van der Waals surface area contributed by atoms with Crippen molar-refractivity contribution >= 4 is 35.1 Å². The van der Waals surface area contributed by atoms with Crippen LogP contribution >= 0.6 is 23.2 Å². The number of nitrogens with one attached hydrogen (secondary N) is 1. The predicted molar refractivity (Wildman–Crippen MR) is 135 cm³/mol. The summed E-state index contributed by atoms with van der Waals surface area (Å²) in [5.74, 6) is -0.753. The lowest BCUT2D eigenvalue weighted by Crippen LogP contribution is -2.23. The Balaban J connectivity index is 1.61. The number of carboxylic acid groups (broad SMARTS) is 1. The van der Waals surface area contributed by atoms with E-state index in [1.165, 1.54) is 0 Å². The summed E-state index contributed by atoms with van der Waals surface area (Å²) >= 11 is 12.1. The van der Waals surface area contributed by atoms with Gasteiger partial charge in [0, 0.05) is 54.1 Å². The van der Waals surface area contributed by atoms with Crippen molar-refractivity contribution < 1.29 is 24.2 Å². The first-order valence-corrected chi connectivity index (χ1v) is 12.3. The zero-order valence-corrected chi connectivity index (χ0v) is 21.8. The molecule has 0 saturated heterocycles. The van der Waals surface area contributed by atoms with Crippen LogP contribution in [-0.4, -0.2) is 49.3 Å². The van der Waals surface area contributed by atoms with Crippen LogP contribution in [0, 0.1) is 0 Å². The topological polar surface area (TPSA) is 121 Å². The van der Waals surface area contributed by atoms with Crippen LogP contribution in [0.2, 0.25) is 10.0 Å². The lowest BCUT2D eigenvalue weighted by atomic mass is 10.2. The van der Waals surface area contributed by atoms with E-state index >= 15 is 0 Å². The van der Waals surface area contributed by atoms with Crippen LogP contribution in [0.3, 0.4) is 0 Å². The summed E-state index contributed by atoms with van der Waals surface area (Å²) in [7, 11) is 0. The first kappa shape index (κ1) is 27.3. The highest BCUT2D eigenvalue weighted by atomic mass is 35.5. The third-order valence-corrected chi connectivity index (χ3v) is 5.60. The first-order valence-electron chi connectivity index (χ1n) is 11.5. The highest BCUT2D eigenvalue weighted by Crippen LogP contribution is 2.22. The summed E-state index contributed by atoms with van der Waals surface area (Å²) in [5.41, 5.74) is 1.56. The lowest BCUT2D eigenvalue weighted by Gasteiger charge is -2.10. The second-order valence-electron chi connectivity index (χ2n) is 8.28. The van der Waals surface area contributed by atoms with Gasteiger partial charge in [0.15, 0.2) is 0 Å². The summed E-state index contributed by atoms with van der Waals surface area (Å²) in [5, 5.41) is 21.6. The van der Waals surface area contributed by atoms with E-state index < -0.39 is 5.97 Å². The number of carbonyl (C=O) groups excluding carboxylic acids is 1. The fourth-order valence-electron chi connectivity index (χ4n) is 3.33. The van der Waals surface area contributed by atoms with Gasteiger partial charge in [0.05, 0.1) is 19.1 Å². The second kappa shape index (κ2) is 12.6. The number of hydrogen-bond donors (Lipinski definition) is 2. The molecule has 2 aromatic heterocycles. The molecular formula is C24H29Cl2N5O5. The number of amides is 1. The number of halogens is 2. The Morgan fingerprint density at radius 2 is 1.86 bits per heavy atom. The van der Waals surface area contributed by atoms with Gasteiger partial charge in [-0.25, -0.2) is 0 Å². The Labute approximate surface area is 219 Å². The fourth-order valence-corrected chi connectivity index (χ4v) is 3.80. The molecule has 1 aromatic carbocycles. The quantitative estimate of drug-likeness (QED) is 0.313. The van der Waals surface area contributed by atoms with E-state index in [-0.39, 0.29) is 30.9 Å². The number of aromatic nitrogens is 4. The van der Waals surface area contributed by atoms with E-state index in [1.807, 2.05) is 20.8 Å². The predicted octanol–water partition coefficient (Wildman–Crippen LogP) is 4.22. The Kier molecular flexibility index (Phi) is 9.60. The molecule has 0 saturated carbocycles. The zero-order valence-electron chi connectivity index (χ0n) is 20.3. The van der Waals surface area contributed by atoms with Gasteiger partial charge < -0.3 is 19.9 Å². The van der Waals surface area contributed by atoms with Gasteiger partial charge in [-0.2, -0.15) is 0 Å². The Bertz CT molecular complexity index is 1210. The SMILES string of the molecule is CCn1cc(CC(=O)O)c(OCCCn2cc(C(=O)NCc3ccc(Cl)cc3Cl)c(OC(C)C)n2)n1. The van der Waals surface area contributed by atoms with Crippen molar-refractivity contribution in [2.45, 2.75) is 59.4 Å². The Hall–Kier alpha value is -3.24. The molecule has 2 heterocycles. The lowest BCUT2D eigenvalue weighted by molar-refractivity contribution is -0.136. The number of carbonyl (C=O) groups is 2. The standard InChI is InChI=1S/C24H29Cl2N5O5/c1-4-30-13-17(10-21(32)33)23(28-30)35-9-5-8-31-14-19(24(29-31)36-15(2)3)22(34)27-12-16-6-7-18(25)11-20(16)26/h6-7,11,13-15H,4-5,8-10,12H2,1-3H3,(H,27,34)(H,32,33). The molecule has 194 valence electrons. The van der Waals surface area contributed by atoms with Crippen LogP contribution in [0.5, 0.6) is 11.8 Å². The molecular weight excluding hydrogens is 509 g/mol. The van der Waals surface area contributed by atoms with Gasteiger partial charge in [-0.05, 0) is 38.5 Å². The summed E-state index contributed by atoms with van der Waals surface area (Å²) in [6, 6.07) is 5.08. The number of hydrogen-bond acceptors (Lipinski definition) is 6. The third-order valence-electron chi connectivity index (χ3n) is 5.01. The molecule has 0 fully saturated rings. The molecule has 0 unspecified atom stereocenters. The van der Waals surface area contributed by atoms with Crippen molar-refractivity contribution in [3.05, 3.63) is 57.3 Å². The largest absolute Gasteiger partial charge is 0.481 e. The van der Waals surface area contributed by atoms with Crippen molar-refractivity contribution in [1.29, 1.82) is 0 Å². The number of ether oxygens (including phenoxy) is 2. The molecule has 36 heavy (non-hydrogen) atoms. The summed E-state index contributed by atoms with van der Waals surface area (Å²) in [6.07, 6.45) is 3.52. The molecule has 12 heteroatoms. The van der Waals surface area contributed by atoms with Crippen LogP contribution < -0.4 is 14.8 Å². The van der Waals surface area contributed by atoms with Gasteiger partial charge in [-0.1, -0.05) is 29.3 Å². The molecule has 0 radical (unpaired) electrons. The number of nitrogens with zero attached hydrogens (tertiary/aromatic N) is 4. The Morgan fingerprint density at radius 3 is 2.53 bits per heavy atom. The van der Waals surface area contributed by atoms with Crippen molar-refractivity contribution in [3.8, 4) is 11.8 Å². The van der Waals surface area contributed by atoms with E-state index in [9.17, 15) is 9.59 Å². The summed E-state index contributed by atoms with van der Waals surface area (Å²) < 4.78 is 14.7. The van der Waals surface area contributed by atoms with Crippen LogP contribution in [0.25, 0.3) is 0 Å². The fraction of sp³-hybridized carbons (Fsp3) is 0.417. The van der Waals surface area contributed by atoms with Crippen molar-refractivity contribution in [2.75, 3.05) is 6.61 Å². The van der Waals surface area contributed by atoms with Gasteiger partial charge in [0.1, 0.15) is 5.56 Å². The molecule has 0 aliphatic carbocycles. The van der Waals surface area contributed by atoms with Gasteiger partial charge in [0.2, 0.25) is 11.8 Å². The highest BCUT2D eigenvalue weighted by molar-refractivity contribution is 6.35. The minimum Gasteiger partial charge on any atom is -0.481 e. The van der Waals surface area contributed by atoms with E-state index in [0.29, 0.717) is 53.2 Å². The molecule has 3 rings (SSSR count). The van der Waals surface area contributed by atoms with Crippen LogP contribution in [0.4, 0.5) is 0 Å². The molecule has 10 nitrogen and oxygen atoms in total. The number of benzene rings is 1. The maximum absolute atomic E-state index is 12.9. The molecule has 0 bridgehead atoms. The van der Waals surface area contributed by atoms with Crippen LogP contribution in [-0.2, 0) is 30.8 Å². The number of carboxylic acids is 1. The average molecular weight is 538 g/mol. The summed E-state index contributed by atoms with van der Waals surface area (Å²) in [6.45, 7) is 7.19. The van der Waals surface area contributed by atoms with Crippen molar-refractivity contribution in [3.63, 3.8) is 0 Å². The molecule has 0 aliphatic heterocycles. The van der Waals surface area contributed by atoms with E-state index in [1.54, 1.807) is 40.0 Å². The molecule has 3 aromatic rings. The van der Waals surface area contributed by atoms with Crippen LogP contribution in [0.15, 0.2) is 30.6 Å². The monoisotopic (exact) mass is 537 g/mol. The number of rotatable bonds is 13. The van der Waals surface area contributed by atoms with Crippen molar-refractivity contribution in [2.24, 2.45) is 0 Å². The van der Waals surface area contributed by atoms with Gasteiger partial charge in [0.25, 0.3) is 5.91 Å². The molecule has 2 N–H and O–H groups in total. The maximum Gasteiger partial charge on any atom is 0.308 e. The van der Waals surface area contributed by atoms with Crippen molar-refractivity contribution in [1.82, 2.24) is 24.9 Å². The smallest absolute Gasteiger partial charge is 0.308 e. The van der Waals surface area contributed by atoms with E-state index in [2.05, 4.69) is 15.5 Å². The van der Waals surface area contributed by atoms with Crippen LogP contribution in [0.1, 0.15) is 48.7 Å². The zero-order chi connectivity index (χ0) is 26.2. The third kappa shape index (κ3) is 7.63. The van der Waals surface area contributed by atoms with E-state index in [4.69, 9.17) is 37.8 Å². The molecule has 1 amide bonds. The maximum atomic E-state index is 12.9. The molecule has 0 aliphatic rings. The normalized spacial score (nSPS) is 11.1. The minimum atomic E-state index is -0.950. The van der Waals surface area contributed by atoms with E-state index in [0.717, 1.165) is 5.56 Å². The highest BCUT2D eigenvalue weighted by Gasteiger charge is 2.19. The molecule has 0 atom stereocenters. The summed E-state index contributed by atoms with van der Waals surface area (Å²) in [4.78, 5) is 24.0. The first-order chi connectivity index (χ1) is 17.2. The van der Waals surface area contributed by atoms with Gasteiger partial charge >= 0.3 is 5.97 Å². The van der Waals surface area contributed by atoms with Gasteiger partial charge in [-0.3, -0.25) is 19.0 Å². The minimum absolute atomic E-state index is 0.163. The number of aliphatic carboxylic acids is 1. The second-order valence-corrected chi connectivity index (χ2v) is 9.13. The van der Waals surface area contributed by atoms with Gasteiger partial charge in [-0.15, -0.1) is 10.2 Å². The molecule has 0 spiro atoms. The number of aryl methyl sites for hydroxylation is 2. The Morgan fingerprint density at radius 1 is 1.11 bits per heavy atom.